The minimum absolute atomic E-state index is 0.518. The Morgan fingerprint density at radius 2 is 2.22 bits per heavy atom. The zero-order chi connectivity index (χ0) is 7.11. The maximum absolute atomic E-state index is 3.27. The predicted octanol–water partition coefficient (Wildman–Crippen LogP) is 0.241. The van der Waals surface area contributed by atoms with E-state index in [2.05, 4.69) is 38.6 Å². The van der Waals surface area contributed by atoms with Gasteiger partial charge in [-0.25, -0.2) is 0 Å². The van der Waals surface area contributed by atoms with Crippen LogP contribution in [0.5, 0.6) is 0 Å². The van der Waals surface area contributed by atoms with Crippen molar-refractivity contribution in [1.82, 2.24) is 10.6 Å². The zero-order valence-corrected chi connectivity index (χ0v) is 6.57. The average Bonchev–Trinajstić information content (AvgIpc) is 1.89. The molecule has 0 heterocycles. The molecule has 9 heavy (non-hydrogen) atoms. The average molecular weight is 127 g/mol. The maximum atomic E-state index is 3.27. The van der Waals surface area contributed by atoms with Gasteiger partial charge in [-0.3, -0.25) is 0 Å². The van der Waals surface area contributed by atoms with Crippen LogP contribution in [0.25, 0.3) is 0 Å². The fraction of sp³-hybridized carbons (Fsp3) is 1.00. The van der Waals surface area contributed by atoms with Crippen molar-refractivity contribution >= 4 is 7.28 Å². The first-order valence-electron chi connectivity index (χ1n) is 3.54. The minimum atomic E-state index is 0.518. The van der Waals surface area contributed by atoms with Crippen molar-refractivity contribution in [2.45, 2.75) is 26.6 Å². The molecule has 0 rings (SSSR count). The summed E-state index contributed by atoms with van der Waals surface area (Å²) in [5.74, 6) is 0.518. The summed E-state index contributed by atoms with van der Waals surface area (Å²) in [6.07, 6.45) is 0. The van der Waals surface area contributed by atoms with Crippen LogP contribution in [0, 0.1) is 0 Å². The molecule has 0 aromatic heterocycles. The van der Waals surface area contributed by atoms with Crippen LogP contribution in [0.4, 0.5) is 0 Å². The van der Waals surface area contributed by atoms with Gasteiger partial charge in [0.2, 0.25) is 0 Å². The van der Waals surface area contributed by atoms with Crippen molar-refractivity contribution in [3.05, 3.63) is 0 Å². The lowest BCUT2D eigenvalue weighted by molar-refractivity contribution is 0.588. The molecule has 2 N–H and O–H groups in total. The molecule has 0 bridgehead atoms. The normalized spacial score (nSPS) is 13.2. The van der Waals surface area contributed by atoms with Gasteiger partial charge >= 0.3 is 0 Å². The molecular weight excluding hydrogens is 111 g/mol. The molecule has 0 spiro atoms. The Bertz CT molecular complexity index is 59.0. The second-order valence-corrected chi connectivity index (χ2v) is 2.11. The summed E-state index contributed by atoms with van der Waals surface area (Å²) in [5.41, 5.74) is 0. The van der Waals surface area contributed by atoms with Crippen LogP contribution in [-0.2, 0) is 0 Å². The summed E-state index contributed by atoms with van der Waals surface area (Å²) in [4.78, 5) is 0. The Morgan fingerprint density at radius 1 is 1.56 bits per heavy atom. The van der Waals surface area contributed by atoms with E-state index >= 15 is 0 Å². The van der Waals surface area contributed by atoms with Gasteiger partial charge in [-0.1, -0.05) is 20.7 Å². The molecule has 0 aromatic carbocycles. The number of nitrogens with one attached hydrogen (secondary N) is 2. The van der Waals surface area contributed by atoms with E-state index in [4.69, 9.17) is 0 Å². The molecule has 0 aliphatic heterocycles. The third-order valence-electron chi connectivity index (χ3n) is 1.30. The second-order valence-electron chi connectivity index (χ2n) is 2.11. The molecule has 0 aliphatic carbocycles. The van der Waals surface area contributed by atoms with Gasteiger partial charge in [-0.15, -0.1) is 0 Å². The molecule has 1 unspecified atom stereocenters. The molecule has 1 radical (unpaired) electrons. The lowest BCUT2D eigenvalue weighted by atomic mass is 9.74. The molecule has 53 valence electrons. The van der Waals surface area contributed by atoms with E-state index in [0.717, 1.165) is 13.2 Å². The summed E-state index contributed by atoms with van der Waals surface area (Å²) in [6, 6.07) is 0. The predicted molar refractivity (Wildman–Crippen MR) is 42.8 cm³/mol. The van der Waals surface area contributed by atoms with Crippen molar-refractivity contribution in [3.63, 3.8) is 0 Å². The molecule has 0 saturated heterocycles. The highest BCUT2D eigenvalue weighted by atomic mass is 15.1. The smallest absolute Gasteiger partial charge is 0.129 e. The van der Waals surface area contributed by atoms with Crippen molar-refractivity contribution < 1.29 is 0 Å². The van der Waals surface area contributed by atoms with Crippen molar-refractivity contribution in [3.8, 4) is 0 Å². The van der Waals surface area contributed by atoms with Crippen LogP contribution in [0.3, 0.4) is 0 Å². The molecule has 0 aliphatic rings. The van der Waals surface area contributed by atoms with Gasteiger partial charge in [0.15, 0.2) is 0 Å². The standard InChI is InChI=1S/C6H16BN2/c1-4-8-5-9-6(2)7-3/h6,8-9H,4-5H2,1-3H3. The first kappa shape index (κ1) is 8.98. The van der Waals surface area contributed by atoms with E-state index in [1.165, 1.54) is 0 Å². The van der Waals surface area contributed by atoms with E-state index < -0.39 is 0 Å². The summed E-state index contributed by atoms with van der Waals surface area (Å²) in [5, 5.41) is 6.45. The van der Waals surface area contributed by atoms with Crippen LogP contribution in [0.2, 0.25) is 6.82 Å². The molecule has 1 atom stereocenters. The maximum Gasteiger partial charge on any atom is 0.129 e. The Labute approximate surface area is 58.7 Å². The van der Waals surface area contributed by atoms with Gasteiger partial charge < -0.3 is 10.6 Å². The van der Waals surface area contributed by atoms with E-state index in [1.807, 2.05) is 0 Å². The Hall–Kier alpha value is -0.0151. The van der Waals surface area contributed by atoms with Crippen molar-refractivity contribution in [2.75, 3.05) is 13.2 Å². The number of hydrogen-bond acceptors (Lipinski definition) is 2. The molecule has 2 nitrogen and oxygen atoms in total. The fourth-order valence-corrected chi connectivity index (χ4v) is 0.476. The van der Waals surface area contributed by atoms with Gasteiger partial charge in [0.1, 0.15) is 7.28 Å². The lowest BCUT2D eigenvalue weighted by Gasteiger charge is -2.09. The first-order valence-corrected chi connectivity index (χ1v) is 3.54. The zero-order valence-electron chi connectivity index (χ0n) is 6.57. The summed E-state index contributed by atoms with van der Waals surface area (Å²) < 4.78 is 0. The van der Waals surface area contributed by atoms with Gasteiger partial charge in [-0.05, 0) is 12.5 Å². The van der Waals surface area contributed by atoms with Crippen molar-refractivity contribution in [1.29, 1.82) is 0 Å². The van der Waals surface area contributed by atoms with Gasteiger partial charge in [0, 0.05) is 6.67 Å². The van der Waals surface area contributed by atoms with E-state index in [0.29, 0.717) is 5.94 Å². The fourth-order valence-electron chi connectivity index (χ4n) is 0.476. The topological polar surface area (TPSA) is 24.1 Å². The van der Waals surface area contributed by atoms with Crippen molar-refractivity contribution in [2.24, 2.45) is 0 Å². The SMILES string of the molecule is C[B]C(C)NCNCC. The van der Waals surface area contributed by atoms with E-state index in [-0.39, 0.29) is 0 Å². The third-order valence-corrected chi connectivity index (χ3v) is 1.30. The summed E-state index contributed by atoms with van der Waals surface area (Å²) in [6.45, 7) is 8.23. The summed E-state index contributed by atoms with van der Waals surface area (Å²) in [7, 11) is 2.14. The van der Waals surface area contributed by atoms with E-state index in [9.17, 15) is 0 Å². The highest BCUT2D eigenvalue weighted by molar-refractivity contribution is 6.35. The molecular formula is C6H16BN2. The lowest BCUT2D eigenvalue weighted by Crippen LogP contribution is -2.37. The Morgan fingerprint density at radius 3 is 2.67 bits per heavy atom. The highest BCUT2D eigenvalue weighted by Gasteiger charge is 1.94. The first-order chi connectivity index (χ1) is 4.31. The molecule has 0 fully saturated rings. The van der Waals surface area contributed by atoms with Crippen LogP contribution >= 0.6 is 0 Å². The monoisotopic (exact) mass is 127 g/mol. The Kier molecular flexibility index (Phi) is 6.10. The number of rotatable bonds is 5. The van der Waals surface area contributed by atoms with Crippen LogP contribution < -0.4 is 10.6 Å². The molecule has 0 saturated carbocycles. The second kappa shape index (κ2) is 6.11. The number of hydrogen-bond donors (Lipinski definition) is 2. The van der Waals surface area contributed by atoms with Gasteiger partial charge in [0.25, 0.3) is 0 Å². The van der Waals surface area contributed by atoms with Crippen LogP contribution in [0.1, 0.15) is 13.8 Å². The van der Waals surface area contributed by atoms with Crippen LogP contribution in [0.15, 0.2) is 0 Å². The van der Waals surface area contributed by atoms with Crippen LogP contribution in [-0.4, -0.2) is 26.4 Å². The highest BCUT2D eigenvalue weighted by Crippen LogP contribution is 1.73. The Balaban J connectivity index is 2.88. The molecule has 0 amide bonds. The molecule has 3 heteroatoms. The van der Waals surface area contributed by atoms with Gasteiger partial charge in [-0.2, -0.15) is 0 Å². The largest absolute Gasteiger partial charge is 0.310 e. The van der Waals surface area contributed by atoms with Gasteiger partial charge in [0.05, 0.1) is 0 Å². The summed E-state index contributed by atoms with van der Waals surface area (Å²) >= 11 is 0. The molecule has 0 aromatic rings. The quantitative estimate of drug-likeness (QED) is 0.314. The minimum Gasteiger partial charge on any atom is -0.310 e. The third kappa shape index (κ3) is 5.86. The van der Waals surface area contributed by atoms with E-state index in [1.54, 1.807) is 0 Å².